The molecule has 28 heavy (non-hydrogen) atoms. The van der Waals surface area contributed by atoms with Gasteiger partial charge in [0.05, 0.1) is 6.54 Å². The van der Waals surface area contributed by atoms with Crippen molar-refractivity contribution >= 4 is 0 Å². The van der Waals surface area contributed by atoms with Gasteiger partial charge in [-0.05, 0) is 53.6 Å². The summed E-state index contributed by atoms with van der Waals surface area (Å²) < 4.78 is 7.79. The SMILES string of the molecule is C(#Cc1cccnc1)c1ccc(OCc2ccc(Cn3cccn3)cc2)cc1. The van der Waals surface area contributed by atoms with Gasteiger partial charge in [-0.15, -0.1) is 0 Å². The lowest BCUT2D eigenvalue weighted by Crippen LogP contribution is -2.00. The van der Waals surface area contributed by atoms with Crippen LogP contribution in [0.2, 0.25) is 0 Å². The molecule has 4 aromatic rings. The fraction of sp³-hybridized carbons (Fsp3) is 0.0833. The van der Waals surface area contributed by atoms with E-state index < -0.39 is 0 Å². The van der Waals surface area contributed by atoms with Crippen LogP contribution in [-0.2, 0) is 13.2 Å². The lowest BCUT2D eigenvalue weighted by molar-refractivity contribution is 0.306. The number of hydrogen-bond donors (Lipinski definition) is 0. The summed E-state index contributed by atoms with van der Waals surface area (Å²) in [5, 5.41) is 4.23. The van der Waals surface area contributed by atoms with Gasteiger partial charge < -0.3 is 4.74 Å². The summed E-state index contributed by atoms with van der Waals surface area (Å²) in [6.07, 6.45) is 7.24. The molecule has 4 heteroatoms. The summed E-state index contributed by atoms with van der Waals surface area (Å²) in [6, 6.07) is 22.0. The summed E-state index contributed by atoms with van der Waals surface area (Å²) in [4.78, 5) is 4.06. The van der Waals surface area contributed by atoms with Gasteiger partial charge in [-0.3, -0.25) is 9.67 Å². The maximum Gasteiger partial charge on any atom is 0.119 e. The smallest absolute Gasteiger partial charge is 0.119 e. The Morgan fingerprint density at radius 3 is 2.29 bits per heavy atom. The van der Waals surface area contributed by atoms with E-state index in [4.69, 9.17) is 4.74 Å². The minimum atomic E-state index is 0.531. The zero-order valence-corrected chi connectivity index (χ0v) is 15.3. The molecule has 0 saturated carbocycles. The summed E-state index contributed by atoms with van der Waals surface area (Å²) in [5.41, 5.74) is 4.19. The van der Waals surface area contributed by atoms with Crippen molar-refractivity contribution in [2.24, 2.45) is 0 Å². The summed E-state index contributed by atoms with van der Waals surface area (Å²) in [6.45, 7) is 1.30. The molecule has 0 fully saturated rings. The number of pyridine rings is 1. The Morgan fingerprint density at radius 1 is 0.786 bits per heavy atom. The average molecular weight is 365 g/mol. The second-order valence-electron chi connectivity index (χ2n) is 6.32. The molecule has 0 amide bonds. The number of hydrogen-bond acceptors (Lipinski definition) is 3. The highest BCUT2D eigenvalue weighted by atomic mass is 16.5. The third-order valence-corrected chi connectivity index (χ3v) is 4.20. The molecule has 0 aliphatic carbocycles. The van der Waals surface area contributed by atoms with Crippen LogP contribution in [0.4, 0.5) is 0 Å². The Hall–Kier alpha value is -3.84. The van der Waals surface area contributed by atoms with E-state index in [0.29, 0.717) is 6.61 Å². The number of benzene rings is 2. The van der Waals surface area contributed by atoms with E-state index in [1.165, 1.54) is 5.56 Å². The van der Waals surface area contributed by atoms with E-state index in [1.54, 1.807) is 18.6 Å². The fourth-order valence-electron chi connectivity index (χ4n) is 2.70. The Labute approximate surface area is 164 Å². The third-order valence-electron chi connectivity index (χ3n) is 4.20. The van der Waals surface area contributed by atoms with E-state index in [0.717, 1.165) is 29.0 Å². The van der Waals surface area contributed by atoms with Crippen molar-refractivity contribution in [2.75, 3.05) is 0 Å². The van der Waals surface area contributed by atoms with Crippen LogP contribution >= 0.6 is 0 Å². The molecule has 0 saturated heterocycles. The molecule has 0 N–H and O–H groups in total. The van der Waals surface area contributed by atoms with Crippen LogP contribution in [0.3, 0.4) is 0 Å². The van der Waals surface area contributed by atoms with Crippen molar-refractivity contribution in [1.82, 2.24) is 14.8 Å². The predicted octanol–water partition coefficient (Wildman–Crippen LogP) is 4.31. The molecule has 0 unspecified atom stereocenters. The minimum absolute atomic E-state index is 0.531. The summed E-state index contributed by atoms with van der Waals surface area (Å²) in [5.74, 6) is 7.06. The summed E-state index contributed by atoms with van der Waals surface area (Å²) >= 11 is 0. The van der Waals surface area contributed by atoms with Crippen LogP contribution in [-0.4, -0.2) is 14.8 Å². The largest absolute Gasteiger partial charge is 0.489 e. The molecular weight excluding hydrogens is 346 g/mol. The second-order valence-corrected chi connectivity index (χ2v) is 6.32. The molecule has 0 aliphatic heterocycles. The standard InChI is InChI=1S/C24H19N3O/c1-3-21(17-25-14-1)5-4-20-10-12-24(13-11-20)28-19-23-8-6-22(7-9-23)18-27-16-2-15-26-27/h1-3,6-17H,18-19H2. The molecule has 4 nitrogen and oxygen atoms in total. The predicted molar refractivity (Wildman–Crippen MR) is 109 cm³/mol. The van der Waals surface area contributed by atoms with Crippen molar-refractivity contribution in [2.45, 2.75) is 13.2 Å². The van der Waals surface area contributed by atoms with Crippen molar-refractivity contribution in [3.05, 3.63) is 114 Å². The molecule has 136 valence electrons. The minimum Gasteiger partial charge on any atom is -0.489 e. The number of aromatic nitrogens is 3. The van der Waals surface area contributed by atoms with Gasteiger partial charge in [-0.1, -0.05) is 36.1 Å². The fourth-order valence-corrected chi connectivity index (χ4v) is 2.70. The van der Waals surface area contributed by atoms with Crippen LogP contribution in [0, 0.1) is 11.8 Å². The lowest BCUT2D eigenvalue weighted by Gasteiger charge is -2.08. The maximum atomic E-state index is 5.88. The maximum absolute atomic E-state index is 5.88. The molecule has 2 heterocycles. The van der Waals surface area contributed by atoms with Crippen LogP contribution in [0.5, 0.6) is 5.75 Å². The van der Waals surface area contributed by atoms with Crippen LogP contribution in [0.15, 0.2) is 91.5 Å². The number of ether oxygens (including phenoxy) is 1. The zero-order valence-electron chi connectivity index (χ0n) is 15.3. The van der Waals surface area contributed by atoms with Gasteiger partial charge in [-0.25, -0.2) is 0 Å². The van der Waals surface area contributed by atoms with Crippen molar-refractivity contribution in [3.8, 4) is 17.6 Å². The first-order valence-corrected chi connectivity index (χ1v) is 9.05. The van der Waals surface area contributed by atoms with Crippen LogP contribution < -0.4 is 4.74 Å². The van der Waals surface area contributed by atoms with E-state index in [9.17, 15) is 0 Å². The Balaban J connectivity index is 1.32. The van der Waals surface area contributed by atoms with Crippen molar-refractivity contribution in [1.29, 1.82) is 0 Å². The first-order chi connectivity index (χ1) is 13.8. The molecule has 0 aliphatic rings. The Bertz CT molecular complexity index is 1060. The Morgan fingerprint density at radius 2 is 1.57 bits per heavy atom. The highest BCUT2D eigenvalue weighted by Gasteiger charge is 1.99. The molecular formula is C24H19N3O. The average Bonchev–Trinajstić information content (AvgIpc) is 3.26. The van der Waals surface area contributed by atoms with Crippen LogP contribution in [0.1, 0.15) is 22.3 Å². The zero-order chi connectivity index (χ0) is 19.0. The topological polar surface area (TPSA) is 39.9 Å². The third kappa shape index (κ3) is 4.87. The second kappa shape index (κ2) is 8.70. The molecule has 0 spiro atoms. The molecule has 0 atom stereocenters. The van der Waals surface area contributed by atoms with E-state index in [1.807, 2.05) is 53.3 Å². The van der Waals surface area contributed by atoms with Crippen LogP contribution in [0.25, 0.3) is 0 Å². The van der Waals surface area contributed by atoms with Gasteiger partial charge >= 0.3 is 0 Å². The number of rotatable bonds is 5. The molecule has 4 rings (SSSR count). The molecule has 0 bridgehead atoms. The quantitative estimate of drug-likeness (QED) is 0.495. The van der Waals surface area contributed by atoms with Gasteiger partial charge in [-0.2, -0.15) is 5.10 Å². The van der Waals surface area contributed by atoms with Gasteiger partial charge in [0.25, 0.3) is 0 Å². The van der Waals surface area contributed by atoms with Gasteiger partial charge in [0.15, 0.2) is 0 Å². The van der Waals surface area contributed by atoms with Gasteiger partial charge in [0.2, 0.25) is 0 Å². The number of nitrogens with zero attached hydrogens (tertiary/aromatic N) is 3. The van der Waals surface area contributed by atoms with Gasteiger partial charge in [0.1, 0.15) is 12.4 Å². The van der Waals surface area contributed by atoms with Gasteiger partial charge in [0, 0.05) is 35.9 Å². The highest BCUT2D eigenvalue weighted by Crippen LogP contribution is 2.15. The Kier molecular flexibility index (Phi) is 5.46. The van der Waals surface area contributed by atoms with E-state index in [-0.39, 0.29) is 0 Å². The normalized spacial score (nSPS) is 10.1. The first-order valence-electron chi connectivity index (χ1n) is 9.05. The first kappa shape index (κ1) is 17.6. The molecule has 2 aromatic carbocycles. The lowest BCUT2D eigenvalue weighted by atomic mass is 10.1. The highest BCUT2D eigenvalue weighted by molar-refractivity contribution is 5.43. The summed E-state index contributed by atoms with van der Waals surface area (Å²) in [7, 11) is 0. The van der Waals surface area contributed by atoms with E-state index in [2.05, 4.69) is 46.2 Å². The van der Waals surface area contributed by atoms with Crippen molar-refractivity contribution < 1.29 is 4.74 Å². The monoisotopic (exact) mass is 365 g/mol. The van der Waals surface area contributed by atoms with E-state index >= 15 is 0 Å². The molecule has 0 radical (unpaired) electrons. The van der Waals surface area contributed by atoms with Crippen molar-refractivity contribution in [3.63, 3.8) is 0 Å². The molecule has 2 aromatic heterocycles.